The van der Waals surface area contributed by atoms with Gasteiger partial charge >= 0.3 is 12.1 Å². The fourth-order valence-electron chi connectivity index (χ4n) is 4.69. The summed E-state index contributed by atoms with van der Waals surface area (Å²) >= 11 is 0. The number of nitrogens with zero attached hydrogens (tertiary/aromatic N) is 4. The predicted octanol–water partition coefficient (Wildman–Crippen LogP) is 1.82. The molecule has 0 aromatic carbocycles. The first-order valence-corrected chi connectivity index (χ1v) is 9.73. The van der Waals surface area contributed by atoms with Crippen LogP contribution in [0.5, 0.6) is 0 Å². The molecule has 9 heteroatoms. The summed E-state index contributed by atoms with van der Waals surface area (Å²) < 4.78 is 0. The number of aromatic nitrogens is 1. The van der Waals surface area contributed by atoms with E-state index >= 15 is 0 Å². The van der Waals surface area contributed by atoms with Crippen LogP contribution in [-0.4, -0.2) is 69.3 Å². The lowest BCUT2D eigenvalue weighted by Crippen LogP contribution is -2.54. The van der Waals surface area contributed by atoms with E-state index in [1.165, 1.54) is 6.20 Å². The summed E-state index contributed by atoms with van der Waals surface area (Å²) in [4.78, 5) is 31.6. The van der Waals surface area contributed by atoms with E-state index in [1.807, 2.05) is 6.07 Å². The number of carboxylic acid groups (broad SMARTS) is 1. The molecule has 0 radical (unpaired) electrons. The summed E-state index contributed by atoms with van der Waals surface area (Å²) in [5.41, 5.74) is 0.515. The molecule has 3 aliphatic rings. The van der Waals surface area contributed by atoms with Gasteiger partial charge in [0.25, 0.3) is 0 Å². The van der Waals surface area contributed by atoms with Crippen molar-refractivity contribution >= 4 is 17.9 Å². The van der Waals surface area contributed by atoms with Gasteiger partial charge in [-0.1, -0.05) is 0 Å². The van der Waals surface area contributed by atoms with Crippen molar-refractivity contribution in [3.63, 3.8) is 0 Å². The zero-order valence-corrected chi connectivity index (χ0v) is 15.5. The Morgan fingerprint density at radius 2 is 1.93 bits per heavy atom. The number of carbonyl (C=O) groups is 2. The molecule has 4 rings (SSSR count). The zero-order chi connectivity index (χ0) is 19.7. The summed E-state index contributed by atoms with van der Waals surface area (Å²) in [7, 11) is 0. The molecule has 28 heavy (non-hydrogen) atoms. The second-order valence-corrected chi connectivity index (χ2v) is 7.81. The van der Waals surface area contributed by atoms with Crippen LogP contribution in [0.2, 0.25) is 0 Å². The van der Waals surface area contributed by atoms with Crippen molar-refractivity contribution < 1.29 is 14.7 Å². The van der Waals surface area contributed by atoms with Crippen molar-refractivity contribution in [2.45, 2.75) is 56.3 Å². The summed E-state index contributed by atoms with van der Waals surface area (Å²) in [5, 5.41) is 24.6. The van der Waals surface area contributed by atoms with Crippen LogP contribution in [0, 0.1) is 11.3 Å². The van der Waals surface area contributed by atoms with E-state index in [0.29, 0.717) is 37.3 Å². The number of nitrogens with one attached hydrogen (secondary N) is 2. The van der Waals surface area contributed by atoms with Crippen LogP contribution in [0.15, 0.2) is 18.3 Å². The molecule has 9 nitrogen and oxygen atoms in total. The van der Waals surface area contributed by atoms with E-state index in [4.69, 9.17) is 5.26 Å². The minimum Gasteiger partial charge on any atom is -0.465 e. The normalized spacial score (nSPS) is 28.7. The fourth-order valence-corrected chi connectivity index (χ4v) is 4.69. The lowest BCUT2D eigenvalue weighted by Gasteiger charge is -2.37. The van der Waals surface area contributed by atoms with Gasteiger partial charge in [0.05, 0.1) is 5.56 Å². The van der Waals surface area contributed by atoms with Crippen LogP contribution in [0.25, 0.3) is 0 Å². The van der Waals surface area contributed by atoms with Gasteiger partial charge in [-0.05, 0) is 44.2 Å². The molecule has 4 heterocycles. The lowest BCUT2D eigenvalue weighted by molar-refractivity contribution is 0.0924. The van der Waals surface area contributed by atoms with Crippen LogP contribution in [0.1, 0.15) is 37.7 Å². The highest BCUT2D eigenvalue weighted by molar-refractivity contribution is 5.75. The highest BCUT2D eigenvalue weighted by Gasteiger charge is 2.44. The van der Waals surface area contributed by atoms with Crippen LogP contribution >= 0.6 is 0 Å². The molecule has 3 fully saturated rings. The number of piperidine rings is 1. The molecule has 3 atom stereocenters. The van der Waals surface area contributed by atoms with Gasteiger partial charge in [-0.3, -0.25) is 0 Å². The van der Waals surface area contributed by atoms with E-state index in [-0.39, 0.29) is 30.2 Å². The van der Waals surface area contributed by atoms with Gasteiger partial charge in [0.1, 0.15) is 11.9 Å². The van der Waals surface area contributed by atoms with Crippen LogP contribution in [-0.2, 0) is 0 Å². The van der Waals surface area contributed by atoms with E-state index in [2.05, 4.69) is 15.6 Å². The molecule has 3 saturated heterocycles. The zero-order valence-electron chi connectivity index (χ0n) is 15.5. The summed E-state index contributed by atoms with van der Waals surface area (Å²) in [5.74, 6) is 0.698. The first-order valence-electron chi connectivity index (χ1n) is 9.73. The van der Waals surface area contributed by atoms with Crippen molar-refractivity contribution in [1.29, 1.82) is 5.26 Å². The number of likely N-dealkylation sites (tertiary alicyclic amines) is 1. The number of urea groups is 1. The highest BCUT2D eigenvalue weighted by atomic mass is 16.4. The molecule has 0 spiro atoms. The number of fused-ring (bicyclic) bond motifs is 2. The van der Waals surface area contributed by atoms with E-state index in [9.17, 15) is 14.7 Å². The summed E-state index contributed by atoms with van der Waals surface area (Å²) in [6.45, 7) is 1.26. The van der Waals surface area contributed by atoms with Crippen LogP contribution in [0.4, 0.5) is 15.4 Å². The Labute approximate surface area is 163 Å². The van der Waals surface area contributed by atoms with E-state index < -0.39 is 6.09 Å². The van der Waals surface area contributed by atoms with E-state index in [0.717, 1.165) is 19.3 Å². The minimum atomic E-state index is -0.845. The summed E-state index contributed by atoms with van der Waals surface area (Å²) in [6.07, 6.45) is 4.67. The Kier molecular flexibility index (Phi) is 4.94. The van der Waals surface area contributed by atoms with Crippen LogP contribution < -0.4 is 10.6 Å². The van der Waals surface area contributed by atoms with Gasteiger partial charge in [0.15, 0.2) is 0 Å². The maximum atomic E-state index is 12.6. The average molecular weight is 384 g/mol. The number of carbonyl (C=O) groups excluding carboxylic acids is 1. The van der Waals surface area contributed by atoms with Gasteiger partial charge < -0.3 is 25.5 Å². The Balaban J connectivity index is 1.27. The largest absolute Gasteiger partial charge is 0.465 e. The van der Waals surface area contributed by atoms with Gasteiger partial charge in [0, 0.05) is 43.5 Å². The van der Waals surface area contributed by atoms with Crippen molar-refractivity contribution in [2.24, 2.45) is 0 Å². The van der Waals surface area contributed by atoms with Gasteiger partial charge in [-0.15, -0.1) is 0 Å². The Bertz CT molecular complexity index is 778. The molecule has 0 saturated carbocycles. The highest BCUT2D eigenvalue weighted by Crippen LogP contribution is 2.35. The molecule has 3 aliphatic heterocycles. The summed E-state index contributed by atoms with van der Waals surface area (Å²) in [6, 6.07) is 5.66. The number of hydrogen-bond acceptors (Lipinski definition) is 5. The maximum Gasteiger partial charge on any atom is 0.407 e. The second kappa shape index (κ2) is 7.54. The predicted molar refractivity (Wildman–Crippen MR) is 101 cm³/mol. The molecule has 1 aromatic heterocycles. The molecule has 2 bridgehead atoms. The van der Waals surface area contributed by atoms with Crippen molar-refractivity contribution in [2.75, 3.05) is 18.4 Å². The molecule has 1 aromatic rings. The Morgan fingerprint density at radius 3 is 2.54 bits per heavy atom. The third-order valence-corrected chi connectivity index (χ3v) is 6.00. The molecular formula is C19H24N6O3. The Morgan fingerprint density at radius 1 is 1.18 bits per heavy atom. The molecule has 3 N–H and O–H groups in total. The topological polar surface area (TPSA) is 122 Å². The minimum absolute atomic E-state index is 0.0250. The number of anilines is 1. The number of hydrogen-bond donors (Lipinski definition) is 3. The maximum absolute atomic E-state index is 12.6. The first kappa shape index (κ1) is 18.3. The quantitative estimate of drug-likeness (QED) is 0.731. The van der Waals surface area contributed by atoms with Crippen molar-refractivity contribution in [3.05, 3.63) is 23.9 Å². The number of nitriles is 1. The van der Waals surface area contributed by atoms with Gasteiger partial charge in [-0.2, -0.15) is 5.26 Å². The molecule has 0 aliphatic carbocycles. The molecule has 3 amide bonds. The molecule has 2 unspecified atom stereocenters. The SMILES string of the molecule is N#Cc1ccc(N[C@@H]2CCN(C(=O)NC3CC4CCC(C3)N4C(=O)O)C2)nc1. The third-order valence-electron chi connectivity index (χ3n) is 6.00. The number of pyridine rings is 1. The third kappa shape index (κ3) is 3.67. The van der Waals surface area contributed by atoms with Crippen molar-refractivity contribution in [1.82, 2.24) is 20.1 Å². The van der Waals surface area contributed by atoms with Gasteiger partial charge in [-0.25, -0.2) is 14.6 Å². The first-order chi connectivity index (χ1) is 13.5. The second-order valence-electron chi connectivity index (χ2n) is 7.81. The standard InChI is InChI=1S/C19H24N6O3/c20-9-12-1-4-17(21-10-12)22-13-5-6-24(11-13)18(26)23-14-7-15-2-3-16(8-14)25(15)19(27)28/h1,4,10,13-16H,2-3,5-8,11H2,(H,21,22)(H,23,26)(H,27,28)/t13-,14?,15?,16?/m1/s1. The fraction of sp³-hybridized carbons (Fsp3) is 0.579. The molecule has 148 valence electrons. The smallest absolute Gasteiger partial charge is 0.407 e. The average Bonchev–Trinajstić information content (AvgIpc) is 3.25. The number of rotatable bonds is 3. The van der Waals surface area contributed by atoms with Gasteiger partial charge in [0.2, 0.25) is 0 Å². The number of amides is 3. The van der Waals surface area contributed by atoms with E-state index in [1.54, 1.807) is 21.9 Å². The van der Waals surface area contributed by atoms with Crippen molar-refractivity contribution in [3.8, 4) is 6.07 Å². The Hall–Kier alpha value is -3.02. The lowest BCUT2D eigenvalue weighted by atomic mass is 9.98. The molecular weight excluding hydrogens is 360 g/mol. The monoisotopic (exact) mass is 384 g/mol. The van der Waals surface area contributed by atoms with Crippen LogP contribution in [0.3, 0.4) is 0 Å².